The van der Waals surface area contributed by atoms with Gasteiger partial charge in [0.15, 0.2) is 0 Å². The quantitative estimate of drug-likeness (QED) is 0.812. The molecule has 0 saturated carbocycles. The lowest BCUT2D eigenvalue weighted by Gasteiger charge is -2.39. The number of urea groups is 1. The van der Waals surface area contributed by atoms with Crippen molar-refractivity contribution < 1.29 is 14.3 Å². The van der Waals surface area contributed by atoms with E-state index in [4.69, 9.17) is 4.74 Å². The molecule has 1 atom stereocenters. The summed E-state index contributed by atoms with van der Waals surface area (Å²) in [6, 6.07) is 6.02. The fourth-order valence-electron chi connectivity index (χ4n) is 3.98. The van der Waals surface area contributed by atoms with E-state index in [1.807, 2.05) is 34.9 Å². The molecule has 1 fully saturated rings. The van der Waals surface area contributed by atoms with Gasteiger partial charge in [-0.05, 0) is 56.2 Å². The van der Waals surface area contributed by atoms with Crippen molar-refractivity contribution in [1.29, 1.82) is 0 Å². The minimum atomic E-state index is 0.00817. The van der Waals surface area contributed by atoms with Crippen LogP contribution >= 0.6 is 0 Å². The van der Waals surface area contributed by atoms with Crippen LogP contribution in [0.4, 0.5) is 10.5 Å². The molecule has 0 radical (unpaired) electrons. The molecule has 0 unspecified atom stereocenters. The fraction of sp³-hybridized carbons (Fsp3) is 0.652. The third-order valence-corrected chi connectivity index (χ3v) is 5.93. The average Bonchev–Trinajstić information content (AvgIpc) is 2.72. The second-order valence-corrected chi connectivity index (χ2v) is 8.75. The Hall–Kier alpha value is -2.24. The summed E-state index contributed by atoms with van der Waals surface area (Å²) in [5, 5.41) is 3.05. The van der Waals surface area contributed by atoms with E-state index < -0.39 is 0 Å². The number of piperidine rings is 1. The van der Waals surface area contributed by atoms with Crippen molar-refractivity contribution in [3.63, 3.8) is 0 Å². The molecule has 1 saturated heterocycles. The first-order chi connectivity index (χ1) is 13.9. The first-order valence-electron chi connectivity index (χ1n) is 11.0. The largest absolute Gasteiger partial charge is 0.486 e. The number of amides is 3. The zero-order chi connectivity index (χ0) is 21.0. The lowest BCUT2D eigenvalue weighted by molar-refractivity contribution is -0.126. The van der Waals surface area contributed by atoms with Gasteiger partial charge in [-0.15, -0.1) is 0 Å². The predicted molar refractivity (Wildman–Crippen MR) is 115 cm³/mol. The van der Waals surface area contributed by atoms with Crippen molar-refractivity contribution in [2.45, 2.75) is 59.5 Å². The third kappa shape index (κ3) is 5.22. The highest BCUT2D eigenvalue weighted by Crippen LogP contribution is 2.36. The fourth-order valence-corrected chi connectivity index (χ4v) is 3.98. The van der Waals surface area contributed by atoms with Crippen LogP contribution in [0.25, 0.3) is 0 Å². The summed E-state index contributed by atoms with van der Waals surface area (Å²) in [7, 11) is 0. The number of nitrogens with zero attached hydrogens (tertiary/aromatic N) is 2. The zero-order valence-electron chi connectivity index (χ0n) is 18.2. The smallest absolute Gasteiger partial charge is 0.324 e. The number of fused-ring (bicyclic) bond motifs is 1. The Bertz CT molecular complexity index is 726. The topological polar surface area (TPSA) is 61.9 Å². The van der Waals surface area contributed by atoms with Crippen molar-refractivity contribution in [3.05, 3.63) is 23.8 Å². The molecule has 0 spiro atoms. The lowest BCUT2D eigenvalue weighted by atomic mass is 9.96. The highest BCUT2D eigenvalue weighted by molar-refractivity contribution is 5.94. The van der Waals surface area contributed by atoms with Gasteiger partial charge < -0.3 is 15.0 Å². The molecule has 2 aliphatic heterocycles. The maximum Gasteiger partial charge on any atom is 0.324 e. The molecule has 3 amide bonds. The summed E-state index contributed by atoms with van der Waals surface area (Å²) < 4.78 is 6.04. The second-order valence-electron chi connectivity index (χ2n) is 8.75. The Morgan fingerprint density at radius 2 is 1.97 bits per heavy atom. The highest BCUT2D eigenvalue weighted by atomic mass is 16.5. The van der Waals surface area contributed by atoms with E-state index in [0.29, 0.717) is 25.6 Å². The van der Waals surface area contributed by atoms with Crippen molar-refractivity contribution in [2.24, 2.45) is 11.8 Å². The number of carbonyl (C=O) groups excluding carboxylic acids is 2. The molecular formula is C23H35N3O3. The van der Waals surface area contributed by atoms with E-state index in [-0.39, 0.29) is 24.0 Å². The summed E-state index contributed by atoms with van der Waals surface area (Å²) in [4.78, 5) is 29.5. The van der Waals surface area contributed by atoms with Crippen molar-refractivity contribution in [2.75, 3.05) is 31.1 Å². The predicted octanol–water partition coefficient (Wildman–Crippen LogP) is 3.97. The van der Waals surface area contributed by atoms with Gasteiger partial charge in [0.2, 0.25) is 5.91 Å². The van der Waals surface area contributed by atoms with Gasteiger partial charge in [-0.3, -0.25) is 9.69 Å². The van der Waals surface area contributed by atoms with Gasteiger partial charge in [0.05, 0.1) is 12.2 Å². The number of carbonyl (C=O) groups is 2. The first kappa shape index (κ1) is 21.5. The van der Waals surface area contributed by atoms with Gasteiger partial charge in [0.1, 0.15) is 11.9 Å². The van der Waals surface area contributed by atoms with Gasteiger partial charge in [-0.25, -0.2) is 4.79 Å². The molecule has 1 N–H and O–H groups in total. The van der Waals surface area contributed by atoms with E-state index in [9.17, 15) is 9.59 Å². The van der Waals surface area contributed by atoms with E-state index >= 15 is 0 Å². The van der Waals surface area contributed by atoms with Crippen LogP contribution in [0.5, 0.6) is 5.75 Å². The average molecular weight is 402 g/mol. The van der Waals surface area contributed by atoms with E-state index in [1.54, 1.807) is 0 Å². The van der Waals surface area contributed by atoms with Crippen LogP contribution in [0.3, 0.4) is 0 Å². The van der Waals surface area contributed by atoms with Crippen LogP contribution in [0, 0.1) is 18.8 Å². The summed E-state index contributed by atoms with van der Waals surface area (Å²) >= 11 is 0. The lowest BCUT2D eigenvalue weighted by Crippen LogP contribution is -2.52. The molecule has 3 rings (SSSR count). The van der Waals surface area contributed by atoms with E-state index in [0.717, 1.165) is 49.2 Å². The number of rotatable bonds is 5. The van der Waals surface area contributed by atoms with Gasteiger partial charge >= 0.3 is 6.03 Å². The van der Waals surface area contributed by atoms with E-state index in [1.165, 1.54) is 0 Å². The second kappa shape index (κ2) is 9.51. The van der Waals surface area contributed by atoms with Crippen LogP contribution < -0.4 is 15.0 Å². The Morgan fingerprint density at radius 1 is 1.24 bits per heavy atom. The van der Waals surface area contributed by atoms with Gasteiger partial charge in [0.25, 0.3) is 0 Å². The highest BCUT2D eigenvalue weighted by Gasteiger charge is 2.34. The molecule has 6 nitrogen and oxygen atoms in total. The maximum absolute atomic E-state index is 13.3. The monoisotopic (exact) mass is 401 g/mol. The van der Waals surface area contributed by atoms with Crippen molar-refractivity contribution >= 4 is 17.6 Å². The van der Waals surface area contributed by atoms with Gasteiger partial charge in [-0.1, -0.05) is 26.8 Å². The van der Waals surface area contributed by atoms with Crippen molar-refractivity contribution in [3.8, 4) is 5.75 Å². The number of hydrogen-bond acceptors (Lipinski definition) is 3. The Morgan fingerprint density at radius 3 is 2.62 bits per heavy atom. The molecule has 0 bridgehead atoms. The Labute approximate surface area is 174 Å². The maximum atomic E-state index is 13.3. The summed E-state index contributed by atoms with van der Waals surface area (Å²) in [5.74, 6) is 1.51. The first-order valence-corrected chi connectivity index (χ1v) is 11.0. The molecular weight excluding hydrogens is 366 g/mol. The Kier molecular flexibility index (Phi) is 7.04. The van der Waals surface area contributed by atoms with Crippen LogP contribution in [-0.2, 0) is 4.79 Å². The van der Waals surface area contributed by atoms with E-state index in [2.05, 4.69) is 26.1 Å². The molecule has 29 heavy (non-hydrogen) atoms. The number of anilines is 1. The molecule has 2 heterocycles. The standard InChI is InChI=1S/C23H35N3O3/c1-5-19-15-26(20-14-17(4)6-7-21(20)29-19)23(28)25-12-9-18(10-13-25)22(27)24-11-8-16(2)3/h6-7,14,16,18-19H,5,8-13,15H2,1-4H3,(H,24,27)/t19-/m1/s1. The molecule has 1 aromatic rings. The zero-order valence-corrected chi connectivity index (χ0v) is 18.2. The summed E-state index contributed by atoms with van der Waals surface area (Å²) in [6.07, 6.45) is 3.31. The minimum Gasteiger partial charge on any atom is -0.486 e. The number of hydrogen-bond donors (Lipinski definition) is 1. The molecule has 6 heteroatoms. The number of benzene rings is 1. The SMILES string of the molecule is CC[C@@H]1CN(C(=O)N2CCC(C(=O)NCCC(C)C)CC2)c2cc(C)ccc2O1. The number of nitrogens with one attached hydrogen (secondary N) is 1. The normalized spacial score (nSPS) is 19.7. The minimum absolute atomic E-state index is 0.00817. The number of ether oxygens (including phenoxy) is 1. The van der Waals surface area contributed by atoms with Crippen molar-refractivity contribution in [1.82, 2.24) is 10.2 Å². The third-order valence-electron chi connectivity index (χ3n) is 5.93. The molecule has 1 aromatic carbocycles. The van der Waals surface area contributed by atoms with Crippen LogP contribution in [0.1, 0.15) is 52.0 Å². The number of aryl methyl sites for hydroxylation is 1. The van der Waals surface area contributed by atoms with Crippen LogP contribution in [0.2, 0.25) is 0 Å². The van der Waals surface area contributed by atoms with Gasteiger partial charge in [0, 0.05) is 25.6 Å². The molecule has 0 aliphatic carbocycles. The summed E-state index contributed by atoms with van der Waals surface area (Å²) in [5.41, 5.74) is 1.96. The Balaban J connectivity index is 1.60. The van der Waals surface area contributed by atoms with Crippen LogP contribution in [0.15, 0.2) is 18.2 Å². The molecule has 160 valence electrons. The summed E-state index contributed by atoms with van der Waals surface area (Å²) in [6.45, 7) is 11.0. The number of likely N-dealkylation sites (tertiary alicyclic amines) is 1. The molecule has 2 aliphatic rings. The van der Waals surface area contributed by atoms with Gasteiger partial charge in [-0.2, -0.15) is 0 Å². The molecule has 0 aromatic heterocycles. The van der Waals surface area contributed by atoms with Crippen LogP contribution in [-0.4, -0.2) is 49.1 Å².